The number of rotatable bonds is 6. The molecule has 4 aromatic rings. The Bertz CT molecular complexity index is 1250. The van der Waals surface area contributed by atoms with Crippen LogP contribution in [0.15, 0.2) is 70.6 Å². The van der Waals surface area contributed by atoms with Gasteiger partial charge in [-0.2, -0.15) is 4.98 Å². The summed E-state index contributed by atoms with van der Waals surface area (Å²) in [6.07, 6.45) is 1.97. The van der Waals surface area contributed by atoms with Gasteiger partial charge in [-0.25, -0.2) is 0 Å². The van der Waals surface area contributed by atoms with E-state index in [2.05, 4.69) is 63.8 Å². The van der Waals surface area contributed by atoms with E-state index in [1.807, 2.05) is 18.2 Å². The Morgan fingerprint density at radius 2 is 1.81 bits per heavy atom. The summed E-state index contributed by atoms with van der Waals surface area (Å²) in [6.45, 7) is 5.03. The third-order valence-electron chi connectivity index (χ3n) is 5.77. The molecule has 1 aliphatic heterocycles. The van der Waals surface area contributed by atoms with Gasteiger partial charge in [-0.05, 0) is 41.9 Å². The number of nitrogens with zero attached hydrogens (tertiary/aromatic N) is 3. The van der Waals surface area contributed by atoms with E-state index in [-0.39, 0.29) is 5.56 Å². The molecule has 0 atom stereocenters. The third-order valence-corrected chi connectivity index (χ3v) is 7.79. The van der Waals surface area contributed by atoms with Crippen LogP contribution in [0.1, 0.15) is 22.9 Å². The molecule has 158 valence electrons. The highest BCUT2D eigenvalue weighted by Gasteiger charge is 2.25. The van der Waals surface area contributed by atoms with Crippen molar-refractivity contribution < 1.29 is 0 Å². The van der Waals surface area contributed by atoms with E-state index < -0.39 is 0 Å². The molecule has 0 radical (unpaired) electrons. The summed E-state index contributed by atoms with van der Waals surface area (Å²) in [5, 5.41) is 1.61. The van der Waals surface area contributed by atoms with E-state index in [0.717, 1.165) is 59.3 Å². The van der Waals surface area contributed by atoms with Gasteiger partial charge in [0.25, 0.3) is 5.56 Å². The van der Waals surface area contributed by atoms with E-state index in [4.69, 9.17) is 0 Å². The smallest absolute Gasteiger partial charge is 0.282 e. The lowest BCUT2D eigenvalue weighted by Gasteiger charge is -2.26. The molecule has 3 heterocycles. The lowest BCUT2D eigenvalue weighted by molar-refractivity contribution is 0.261. The number of hydrogen-bond acceptors (Lipinski definition) is 5. The van der Waals surface area contributed by atoms with Gasteiger partial charge < -0.3 is 0 Å². The Morgan fingerprint density at radius 1 is 1.06 bits per heavy atom. The van der Waals surface area contributed by atoms with Crippen LogP contribution in [0.2, 0.25) is 0 Å². The Kier molecular flexibility index (Phi) is 5.94. The summed E-state index contributed by atoms with van der Waals surface area (Å²) in [6, 6.07) is 20.9. The largest absolute Gasteiger partial charge is 0.298 e. The molecule has 0 spiro atoms. The number of thioether (sulfide) groups is 1. The van der Waals surface area contributed by atoms with Crippen LogP contribution in [0.3, 0.4) is 0 Å². The zero-order valence-electron chi connectivity index (χ0n) is 17.6. The molecular formula is C25H25N3OS2. The van der Waals surface area contributed by atoms with E-state index >= 15 is 0 Å². The van der Waals surface area contributed by atoms with Gasteiger partial charge in [0.05, 0.1) is 5.39 Å². The maximum Gasteiger partial charge on any atom is 0.282 e. The molecule has 0 unspecified atom stereocenters. The molecule has 0 bridgehead atoms. The van der Waals surface area contributed by atoms with Crippen molar-refractivity contribution in [2.45, 2.75) is 31.5 Å². The van der Waals surface area contributed by atoms with Crippen molar-refractivity contribution in [2.24, 2.45) is 0 Å². The van der Waals surface area contributed by atoms with Crippen molar-refractivity contribution in [1.82, 2.24) is 14.5 Å². The summed E-state index contributed by atoms with van der Waals surface area (Å²) in [7, 11) is 0. The predicted molar refractivity (Wildman–Crippen MR) is 131 cm³/mol. The molecule has 0 amide bonds. The van der Waals surface area contributed by atoms with Crippen molar-refractivity contribution >= 4 is 33.3 Å². The number of para-hydroxylation sites is 1. The van der Waals surface area contributed by atoms with Gasteiger partial charge in [0, 0.05) is 30.2 Å². The summed E-state index contributed by atoms with van der Waals surface area (Å²) in [4.78, 5) is 22.4. The molecule has 5 rings (SSSR count). The minimum absolute atomic E-state index is 0.0756. The standard InChI is InChI=1S/C25H25N3OS2/c1-2-30-25-26-23(29)22-20-14-16-27(15-13-18-9-5-3-6-10-18)17-21(20)31-24(22)28(25)19-11-7-4-8-12-19/h3-12H,2,13-17H2,1H3. The lowest BCUT2D eigenvalue weighted by atomic mass is 10.0. The molecule has 0 saturated heterocycles. The van der Waals surface area contributed by atoms with Gasteiger partial charge in [-0.15, -0.1) is 11.3 Å². The monoisotopic (exact) mass is 447 g/mol. The Labute approximate surface area is 190 Å². The van der Waals surface area contributed by atoms with Gasteiger partial charge in [0.1, 0.15) is 4.83 Å². The second kappa shape index (κ2) is 8.99. The molecule has 0 aliphatic carbocycles. The number of benzene rings is 2. The highest BCUT2D eigenvalue weighted by atomic mass is 32.2. The van der Waals surface area contributed by atoms with E-state index in [0.29, 0.717) is 0 Å². The first-order valence-electron chi connectivity index (χ1n) is 10.8. The molecule has 4 nitrogen and oxygen atoms in total. The topological polar surface area (TPSA) is 38.1 Å². The first kappa shape index (κ1) is 20.5. The van der Waals surface area contributed by atoms with Crippen LogP contribution in [-0.2, 0) is 19.4 Å². The van der Waals surface area contributed by atoms with Crippen LogP contribution in [0.25, 0.3) is 15.9 Å². The fourth-order valence-electron chi connectivity index (χ4n) is 4.25. The zero-order valence-corrected chi connectivity index (χ0v) is 19.2. The van der Waals surface area contributed by atoms with Crippen LogP contribution >= 0.6 is 23.1 Å². The van der Waals surface area contributed by atoms with Crippen LogP contribution in [0.5, 0.6) is 0 Å². The Balaban J connectivity index is 1.53. The molecule has 31 heavy (non-hydrogen) atoms. The number of aromatic nitrogens is 2. The first-order chi connectivity index (χ1) is 15.2. The third kappa shape index (κ3) is 4.07. The summed E-state index contributed by atoms with van der Waals surface area (Å²) >= 11 is 3.39. The highest BCUT2D eigenvalue weighted by molar-refractivity contribution is 7.99. The average molecular weight is 448 g/mol. The Morgan fingerprint density at radius 3 is 2.55 bits per heavy atom. The quantitative estimate of drug-likeness (QED) is 0.302. The highest BCUT2D eigenvalue weighted by Crippen LogP contribution is 2.36. The van der Waals surface area contributed by atoms with Crippen LogP contribution < -0.4 is 5.56 Å². The molecule has 1 aliphatic rings. The lowest BCUT2D eigenvalue weighted by Crippen LogP contribution is -2.31. The van der Waals surface area contributed by atoms with Gasteiger partial charge >= 0.3 is 0 Å². The minimum Gasteiger partial charge on any atom is -0.298 e. The first-order valence-corrected chi connectivity index (χ1v) is 12.6. The van der Waals surface area contributed by atoms with Crippen molar-refractivity contribution in [2.75, 3.05) is 18.8 Å². The van der Waals surface area contributed by atoms with Gasteiger partial charge in [-0.3, -0.25) is 14.3 Å². The normalized spacial score (nSPS) is 14.1. The van der Waals surface area contributed by atoms with Crippen LogP contribution in [0.4, 0.5) is 0 Å². The van der Waals surface area contributed by atoms with E-state index in [9.17, 15) is 4.79 Å². The number of hydrogen-bond donors (Lipinski definition) is 0. The predicted octanol–water partition coefficient (Wildman–Crippen LogP) is 5.16. The van der Waals surface area contributed by atoms with Crippen molar-refractivity contribution in [3.8, 4) is 5.69 Å². The van der Waals surface area contributed by atoms with Crippen LogP contribution in [0, 0.1) is 0 Å². The Hall–Kier alpha value is -2.41. The van der Waals surface area contributed by atoms with Gasteiger partial charge in [-0.1, -0.05) is 67.2 Å². The zero-order chi connectivity index (χ0) is 21.2. The van der Waals surface area contributed by atoms with Crippen molar-refractivity contribution in [1.29, 1.82) is 0 Å². The maximum absolute atomic E-state index is 13.0. The second-order valence-electron chi connectivity index (χ2n) is 7.75. The van der Waals surface area contributed by atoms with Crippen molar-refractivity contribution in [3.05, 3.63) is 87.0 Å². The molecule has 0 saturated carbocycles. The van der Waals surface area contributed by atoms with Gasteiger partial charge in [0.15, 0.2) is 5.16 Å². The molecule has 2 aromatic heterocycles. The summed E-state index contributed by atoms with van der Waals surface area (Å²) < 4.78 is 2.18. The molecule has 6 heteroatoms. The molecule has 2 aromatic carbocycles. The van der Waals surface area contributed by atoms with E-state index in [1.165, 1.54) is 16.0 Å². The molecule has 0 N–H and O–H groups in total. The summed E-state index contributed by atoms with van der Waals surface area (Å²) in [5.74, 6) is 0.878. The second-order valence-corrected chi connectivity index (χ2v) is 10.1. The molecular weight excluding hydrogens is 422 g/mol. The number of thiophene rings is 1. The fraction of sp³-hybridized carbons (Fsp3) is 0.280. The fourth-order valence-corrected chi connectivity index (χ4v) is 6.45. The molecule has 0 fully saturated rings. The van der Waals surface area contributed by atoms with Crippen LogP contribution in [-0.4, -0.2) is 33.3 Å². The average Bonchev–Trinajstić information content (AvgIpc) is 3.18. The minimum atomic E-state index is -0.0756. The summed E-state index contributed by atoms with van der Waals surface area (Å²) in [5.41, 5.74) is 3.58. The van der Waals surface area contributed by atoms with Crippen molar-refractivity contribution in [3.63, 3.8) is 0 Å². The van der Waals surface area contributed by atoms with E-state index in [1.54, 1.807) is 23.1 Å². The maximum atomic E-state index is 13.0. The van der Waals surface area contributed by atoms with Gasteiger partial charge in [0.2, 0.25) is 0 Å². The number of fused-ring (bicyclic) bond motifs is 3. The SMILES string of the molecule is CCSc1nc(=O)c2c3c(sc2n1-c1ccccc1)CN(CCc1ccccc1)CC3.